The second kappa shape index (κ2) is 7.75. The van der Waals surface area contributed by atoms with Crippen LogP contribution in [0.3, 0.4) is 0 Å². The third-order valence-electron chi connectivity index (χ3n) is 6.10. The van der Waals surface area contributed by atoms with Gasteiger partial charge < -0.3 is 9.64 Å². The third kappa shape index (κ3) is 4.19. The molecule has 3 fully saturated rings. The predicted octanol–water partition coefficient (Wildman–Crippen LogP) is 1.13. The van der Waals surface area contributed by atoms with Gasteiger partial charge in [-0.05, 0) is 50.7 Å². The summed E-state index contributed by atoms with van der Waals surface area (Å²) in [5.74, 6) is -0.351. The van der Waals surface area contributed by atoms with Gasteiger partial charge in [-0.25, -0.2) is 12.8 Å². The average Bonchev–Trinajstić information content (AvgIpc) is 2.99. The number of nitrogens with zero attached hydrogens (tertiary/aromatic N) is 3. The van der Waals surface area contributed by atoms with Crippen LogP contribution in [0.15, 0.2) is 24.3 Å². The molecule has 0 aliphatic carbocycles. The van der Waals surface area contributed by atoms with Crippen LogP contribution in [0.25, 0.3) is 0 Å². The molecule has 0 unspecified atom stereocenters. The predicted molar refractivity (Wildman–Crippen MR) is 101 cm³/mol. The van der Waals surface area contributed by atoms with Gasteiger partial charge in [0.05, 0.1) is 24.5 Å². The Bertz CT molecular complexity index is 767. The van der Waals surface area contributed by atoms with E-state index in [0.29, 0.717) is 18.2 Å². The lowest BCUT2D eigenvalue weighted by atomic mass is 10.0. The van der Waals surface area contributed by atoms with E-state index < -0.39 is 10.0 Å². The molecule has 0 aromatic heterocycles. The molecule has 3 aliphatic rings. The van der Waals surface area contributed by atoms with E-state index in [-0.39, 0.29) is 36.9 Å². The lowest BCUT2D eigenvalue weighted by Gasteiger charge is -2.35. The maximum Gasteiger partial charge on any atom is 0.217 e. The molecule has 4 rings (SSSR count). The minimum atomic E-state index is -3.44. The molecule has 3 heterocycles. The maximum atomic E-state index is 13.6. The van der Waals surface area contributed by atoms with Crippen molar-refractivity contribution in [3.05, 3.63) is 35.6 Å². The van der Waals surface area contributed by atoms with E-state index in [9.17, 15) is 12.8 Å². The van der Waals surface area contributed by atoms with E-state index in [0.717, 1.165) is 32.5 Å². The van der Waals surface area contributed by atoms with Crippen molar-refractivity contribution >= 4 is 10.0 Å². The molecule has 2 atom stereocenters. The molecule has 0 amide bonds. The number of piperidine rings is 1. The SMILES string of the molecule is CN1CCC(N2C[C@@H]3OCCS(=O)(=O)N(Cc4cccc(F)c4)[C@@H]3C2)CC1. The van der Waals surface area contributed by atoms with E-state index in [1.165, 1.54) is 12.1 Å². The molecule has 8 heteroatoms. The van der Waals surface area contributed by atoms with Crippen molar-refractivity contribution in [2.24, 2.45) is 0 Å². The molecular weight excluding hydrogens is 369 g/mol. The summed E-state index contributed by atoms with van der Waals surface area (Å²) in [6.45, 7) is 4.03. The fourth-order valence-electron chi connectivity index (χ4n) is 4.54. The Labute approximate surface area is 160 Å². The van der Waals surface area contributed by atoms with E-state index in [1.54, 1.807) is 16.4 Å². The Balaban J connectivity index is 1.54. The number of ether oxygens (including phenoxy) is 1. The molecule has 0 N–H and O–H groups in total. The van der Waals surface area contributed by atoms with Crippen molar-refractivity contribution in [1.29, 1.82) is 0 Å². The second-order valence-electron chi connectivity index (χ2n) is 7.96. The molecule has 0 bridgehead atoms. The summed E-state index contributed by atoms with van der Waals surface area (Å²) in [6.07, 6.45) is 2.09. The molecule has 150 valence electrons. The number of rotatable bonds is 3. The highest BCUT2D eigenvalue weighted by Gasteiger charge is 2.46. The summed E-state index contributed by atoms with van der Waals surface area (Å²) >= 11 is 0. The van der Waals surface area contributed by atoms with Crippen LogP contribution < -0.4 is 0 Å². The van der Waals surface area contributed by atoms with Crippen LogP contribution in [-0.2, 0) is 21.3 Å². The number of likely N-dealkylation sites (tertiary alicyclic amines) is 2. The highest BCUT2D eigenvalue weighted by Crippen LogP contribution is 2.30. The molecule has 27 heavy (non-hydrogen) atoms. The lowest BCUT2D eigenvalue weighted by molar-refractivity contribution is 0.0420. The highest BCUT2D eigenvalue weighted by molar-refractivity contribution is 7.89. The van der Waals surface area contributed by atoms with Gasteiger partial charge in [0, 0.05) is 25.7 Å². The summed E-state index contributed by atoms with van der Waals surface area (Å²) in [5, 5.41) is 0. The summed E-state index contributed by atoms with van der Waals surface area (Å²) in [5.41, 5.74) is 0.678. The highest BCUT2D eigenvalue weighted by atomic mass is 32.2. The van der Waals surface area contributed by atoms with Gasteiger partial charge in [-0.1, -0.05) is 12.1 Å². The van der Waals surface area contributed by atoms with Crippen LogP contribution >= 0.6 is 0 Å². The zero-order valence-corrected chi connectivity index (χ0v) is 16.6. The molecule has 1 aromatic rings. The molecule has 6 nitrogen and oxygen atoms in total. The van der Waals surface area contributed by atoms with E-state index >= 15 is 0 Å². The van der Waals surface area contributed by atoms with Crippen LogP contribution in [0, 0.1) is 5.82 Å². The van der Waals surface area contributed by atoms with Crippen molar-refractivity contribution in [2.75, 3.05) is 45.6 Å². The van der Waals surface area contributed by atoms with Gasteiger partial charge in [0.2, 0.25) is 10.0 Å². The molecule has 0 spiro atoms. The molecular formula is C19H28FN3O3S. The first-order valence-corrected chi connectivity index (χ1v) is 11.3. The molecule has 3 aliphatic heterocycles. The van der Waals surface area contributed by atoms with Gasteiger partial charge in [-0.2, -0.15) is 4.31 Å². The van der Waals surface area contributed by atoms with E-state index in [1.807, 2.05) is 0 Å². The van der Waals surface area contributed by atoms with Gasteiger partial charge in [-0.3, -0.25) is 4.90 Å². The van der Waals surface area contributed by atoms with Crippen molar-refractivity contribution < 1.29 is 17.5 Å². The normalized spacial score (nSPS) is 30.9. The first kappa shape index (κ1) is 19.3. The zero-order valence-electron chi connectivity index (χ0n) is 15.8. The summed E-state index contributed by atoms with van der Waals surface area (Å²) in [7, 11) is -1.30. The Morgan fingerprint density at radius 1 is 1.22 bits per heavy atom. The van der Waals surface area contributed by atoms with Crippen molar-refractivity contribution in [3.8, 4) is 0 Å². The summed E-state index contributed by atoms with van der Waals surface area (Å²) in [4.78, 5) is 4.74. The number of sulfonamides is 1. The van der Waals surface area contributed by atoms with Crippen molar-refractivity contribution in [1.82, 2.24) is 14.1 Å². The van der Waals surface area contributed by atoms with E-state index in [4.69, 9.17) is 4.74 Å². The molecule has 0 saturated carbocycles. The summed E-state index contributed by atoms with van der Waals surface area (Å²) in [6, 6.07) is 6.48. The van der Waals surface area contributed by atoms with Crippen LogP contribution in [0.5, 0.6) is 0 Å². The van der Waals surface area contributed by atoms with Gasteiger partial charge >= 0.3 is 0 Å². The average molecular weight is 398 g/mol. The quantitative estimate of drug-likeness (QED) is 0.766. The Morgan fingerprint density at radius 2 is 2.00 bits per heavy atom. The topological polar surface area (TPSA) is 53.1 Å². The number of hydrogen-bond acceptors (Lipinski definition) is 5. The third-order valence-corrected chi connectivity index (χ3v) is 7.89. The number of hydrogen-bond donors (Lipinski definition) is 0. The monoisotopic (exact) mass is 397 g/mol. The fourth-order valence-corrected chi connectivity index (χ4v) is 6.05. The van der Waals surface area contributed by atoms with Gasteiger partial charge in [0.1, 0.15) is 5.82 Å². The van der Waals surface area contributed by atoms with Crippen molar-refractivity contribution in [2.45, 2.75) is 37.6 Å². The first-order chi connectivity index (χ1) is 12.9. The lowest BCUT2D eigenvalue weighted by Crippen LogP contribution is -2.46. The number of fused-ring (bicyclic) bond motifs is 1. The van der Waals surface area contributed by atoms with Gasteiger partial charge in [0.25, 0.3) is 0 Å². The summed E-state index contributed by atoms with van der Waals surface area (Å²) < 4.78 is 46.9. The number of benzene rings is 1. The molecule has 3 saturated heterocycles. The Morgan fingerprint density at radius 3 is 2.74 bits per heavy atom. The van der Waals surface area contributed by atoms with Gasteiger partial charge in [-0.15, -0.1) is 0 Å². The molecule has 1 aromatic carbocycles. The fraction of sp³-hybridized carbons (Fsp3) is 0.684. The Kier molecular flexibility index (Phi) is 5.53. The van der Waals surface area contributed by atoms with Crippen LogP contribution in [0.4, 0.5) is 4.39 Å². The van der Waals surface area contributed by atoms with E-state index in [2.05, 4.69) is 16.8 Å². The Hall–Kier alpha value is -1.06. The second-order valence-corrected chi connectivity index (χ2v) is 10.00. The number of halogens is 1. The molecule has 0 radical (unpaired) electrons. The smallest absolute Gasteiger partial charge is 0.217 e. The largest absolute Gasteiger partial charge is 0.374 e. The van der Waals surface area contributed by atoms with Crippen LogP contribution in [0.2, 0.25) is 0 Å². The van der Waals surface area contributed by atoms with Crippen molar-refractivity contribution in [3.63, 3.8) is 0 Å². The zero-order chi connectivity index (χ0) is 19.0. The maximum absolute atomic E-state index is 13.6. The van der Waals surface area contributed by atoms with Gasteiger partial charge in [0.15, 0.2) is 0 Å². The minimum absolute atomic E-state index is 0.0104. The minimum Gasteiger partial charge on any atom is -0.374 e. The van der Waals surface area contributed by atoms with Crippen LogP contribution in [-0.4, -0.2) is 86.3 Å². The standard InChI is InChI=1S/C19H28FN3O3S/c1-21-7-5-17(6-8-21)22-13-18-19(14-22)26-9-10-27(24,25)23(18)12-15-3-2-4-16(20)11-15/h2-4,11,17-19H,5-10,12-14H2,1H3/t18-,19+/m1/s1. The van der Waals surface area contributed by atoms with Crippen LogP contribution in [0.1, 0.15) is 18.4 Å². The first-order valence-electron chi connectivity index (χ1n) is 9.70.